The number of amides is 1. The lowest BCUT2D eigenvalue weighted by Crippen LogP contribution is -3.14. The summed E-state index contributed by atoms with van der Waals surface area (Å²) in [6.45, 7) is 13.0. The lowest BCUT2D eigenvalue weighted by molar-refractivity contribution is -0.906. The van der Waals surface area contributed by atoms with E-state index >= 15 is 0 Å². The molecule has 7 heteroatoms. The molecular weight excluding hydrogens is 384 g/mol. The Morgan fingerprint density at radius 2 is 2.07 bits per heavy atom. The van der Waals surface area contributed by atoms with Crippen LogP contribution < -0.4 is 20.6 Å². The van der Waals surface area contributed by atoms with Gasteiger partial charge in [-0.1, -0.05) is 6.58 Å². The first-order valence-electron chi connectivity index (χ1n) is 10.5. The lowest BCUT2D eigenvalue weighted by Gasteiger charge is -2.23. The Bertz CT molecular complexity index is 960. The fourth-order valence-corrected chi connectivity index (χ4v) is 3.58. The van der Waals surface area contributed by atoms with Gasteiger partial charge in [0, 0.05) is 23.4 Å². The van der Waals surface area contributed by atoms with E-state index in [0.717, 1.165) is 49.4 Å². The van der Waals surface area contributed by atoms with Crippen LogP contribution in [0.4, 0.5) is 0 Å². The zero-order chi connectivity index (χ0) is 21.5. The van der Waals surface area contributed by atoms with E-state index in [0.29, 0.717) is 36.5 Å². The van der Waals surface area contributed by atoms with Gasteiger partial charge in [0.15, 0.2) is 0 Å². The van der Waals surface area contributed by atoms with Crippen LogP contribution in [0.15, 0.2) is 39.6 Å². The van der Waals surface area contributed by atoms with Crippen molar-refractivity contribution in [2.45, 2.75) is 26.7 Å². The van der Waals surface area contributed by atoms with Gasteiger partial charge >= 0.3 is 5.63 Å². The van der Waals surface area contributed by atoms with Crippen molar-refractivity contribution in [2.75, 3.05) is 46.0 Å². The Kier molecular flexibility index (Phi) is 7.65. The van der Waals surface area contributed by atoms with Crippen LogP contribution in [0.2, 0.25) is 0 Å². The van der Waals surface area contributed by atoms with Crippen LogP contribution in [0.5, 0.6) is 5.75 Å². The van der Waals surface area contributed by atoms with Crippen molar-refractivity contribution in [1.29, 1.82) is 0 Å². The molecule has 2 aromatic rings. The van der Waals surface area contributed by atoms with Crippen molar-refractivity contribution >= 4 is 16.9 Å². The van der Waals surface area contributed by atoms with E-state index in [4.69, 9.17) is 13.9 Å². The summed E-state index contributed by atoms with van der Waals surface area (Å²) in [7, 11) is 0. The molecule has 0 radical (unpaired) electrons. The molecule has 1 saturated heterocycles. The summed E-state index contributed by atoms with van der Waals surface area (Å²) in [6.07, 6.45) is 0.615. The molecule has 2 heterocycles. The average molecular weight is 416 g/mol. The molecule has 3 rings (SSSR count). The Morgan fingerprint density at radius 3 is 2.80 bits per heavy atom. The molecule has 0 atom stereocenters. The van der Waals surface area contributed by atoms with Crippen LogP contribution >= 0.6 is 0 Å². The number of carbonyl (C=O) groups excluding carboxylic acids is 1. The van der Waals surface area contributed by atoms with Gasteiger partial charge in [-0.2, -0.15) is 0 Å². The second-order valence-electron chi connectivity index (χ2n) is 7.86. The van der Waals surface area contributed by atoms with Crippen molar-refractivity contribution < 1.29 is 23.6 Å². The minimum Gasteiger partial charge on any atom is -0.489 e. The minimum atomic E-state index is -0.400. The van der Waals surface area contributed by atoms with E-state index in [1.165, 1.54) is 4.90 Å². The topological polar surface area (TPSA) is 82.2 Å². The van der Waals surface area contributed by atoms with Crippen molar-refractivity contribution in [1.82, 2.24) is 5.32 Å². The summed E-state index contributed by atoms with van der Waals surface area (Å²) in [5.41, 5.74) is 2.39. The largest absolute Gasteiger partial charge is 0.489 e. The third-order valence-corrected chi connectivity index (χ3v) is 5.35. The molecule has 1 fully saturated rings. The average Bonchev–Trinajstić information content (AvgIpc) is 2.72. The summed E-state index contributed by atoms with van der Waals surface area (Å²) in [5.74, 6) is 0.577. The monoisotopic (exact) mass is 415 g/mol. The normalized spacial score (nSPS) is 14.6. The summed E-state index contributed by atoms with van der Waals surface area (Å²) < 4.78 is 16.5. The first-order chi connectivity index (χ1) is 14.4. The molecule has 1 aromatic heterocycles. The first kappa shape index (κ1) is 22.1. The maximum Gasteiger partial charge on any atom is 0.339 e. The second-order valence-corrected chi connectivity index (χ2v) is 7.86. The van der Waals surface area contributed by atoms with E-state index in [1.54, 1.807) is 6.07 Å². The van der Waals surface area contributed by atoms with Crippen LogP contribution in [0.1, 0.15) is 24.5 Å². The molecule has 2 N–H and O–H groups in total. The molecule has 30 heavy (non-hydrogen) atoms. The quantitative estimate of drug-likeness (QED) is 0.472. The van der Waals surface area contributed by atoms with E-state index < -0.39 is 5.63 Å². The number of morpholine rings is 1. The van der Waals surface area contributed by atoms with Gasteiger partial charge in [0.25, 0.3) is 0 Å². The van der Waals surface area contributed by atoms with Gasteiger partial charge in [-0.25, -0.2) is 4.79 Å². The Balaban J connectivity index is 1.58. The summed E-state index contributed by atoms with van der Waals surface area (Å²) in [5, 5.41) is 3.80. The summed E-state index contributed by atoms with van der Waals surface area (Å²) in [4.78, 5) is 26.2. The molecule has 7 nitrogen and oxygen atoms in total. The summed E-state index contributed by atoms with van der Waals surface area (Å²) in [6, 6.07) is 5.45. The third-order valence-electron chi connectivity index (χ3n) is 5.35. The highest BCUT2D eigenvalue weighted by molar-refractivity contribution is 5.82. The zero-order valence-electron chi connectivity index (χ0n) is 17.8. The molecule has 0 spiro atoms. The fourth-order valence-electron chi connectivity index (χ4n) is 3.58. The van der Waals surface area contributed by atoms with Gasteiger partial charge < -0.3 is 24.1 Å². The van der Waals surface area contributed by atoms with Crippen molar-refractivity contribution in [3.8, 4) is 5.75 Å². The van der Waals surface area contributed by atoms with Crippen LogP contribution in [-0.4, -0.2) is 51.9 Å². The van der Waals surface area contributed by atoms with Gasteiger partial charge in [0.1, 0.15) is 31.0 Å². The van der Waals surface area contributed by atoms with Crippen LogP contribution in [-0.2, 0) is 16.0 Å². The van der Waals surface area contributed by atoms with Gasteiger partial charge in [-0.15, -0.1) is 0 Å². The second kappa shape index (κ2) is 10.4. The molecule has 0 bridgehead atoms. The van der Waals surface area contributed by atoms with E-state index in [9.17, 15) is 9.59 Å². The number of nitrogens with one attached hydrogen (secondary N) is 2. The molecule has 0 aliphatic carbocycles. The number of quaternary nitrogens is 1. The SMILES string of the molecule is C=C(C)COc1ccc2c(C)c(CCC(=O)NCC[NH+]3CCOCC3)c(=O)oc2c1. The highest BCUT2D eigenvalue weighted by Gasteiger charge is 2.15. The van der Waals surface area contributed by atoms with Crippen molar-refractivity contribution in [2.24, 2.45) is 0 Å². The Labute approximate surface area is 176 Å². The Hall–Kier alpha value is -2.64. The number of benzene rings is 1. The molecule has 1 aromatic carbocycles. The number of hydrogen-bond donors (Lipinski definition) is 2. The molecule has 1 amide bonds. The number of rotatable bonds is 9. The predicted octanol–water partition coefficient (Wildman–Crippen LogP) is 1.02. The molecule has 0 unspecified atom stereocenters. The fraction of sp³-hybridized carbons (Fsp3) is 0.478. The Morgan fingerprint density at radius 1 is 1.30 bits per heavy atom. The van der Waals surface area contributed by atoms with Gasteiger partial charge in [-0.3, -0.25) is 4.79 Å². The van der Waals surface area contributed by atoms with E-state index in [-0.39, 0.29) is 12.3 Å². The molecular formula is C23H31N2O5+. The molecule has 1 aliphatic rings. The number of ether oxygens (including phenoxy) is 2. The smallest absolute Gasteiger partial charge is 0.339 e. The number of fused-ring (bicyclic) bond motifs is 1. The van der Waals surface area contributed by atoms with Crippen LogP contribution in [0.25, 0.3) is 11.0 Å². The minimum absolute atomic E-state index is 0.0508. The zero-order valence-corrected chi connectivity index (χ0v) is 17.8. The molecule has 1 aliphatic heterocycles. The van der Waals surface area contributed by atoms with Crippen LogP contribution in [0.3, 0.4) is 0 Å². The van der Waals surface area contributed by atoms with E-state index in [1.807, 2.05) is 26.0 Å². The molecule has 0 saturated carbocycles. The third kappa shape index (κ3) is 5.93. The van der Waals surface area contributed by atoms with Gasteiger partial charge in [0.05, 0.1) is 26.3 Å². The van der Waals surface area contributed by atoms with E-state index in [2.05, 4.69) is 11.9 Å². The van der Waals surface area contributed by atoms with Crippen molar-refractivity contribution in [3.05, 3.63) is 51.9 Å². The standard InChI is InChI=1S/C23H30N2O5/c1-16(2)15-29-18-4-5-19-17(3)20(23(27)30-21(19)14-18)6-7-22(26)24-8-9-25-10-12-28-13-11-25/h4-5,14H,1,6-13,15H2,2-3H3,(H,24,26)/p+1. The maximum atomic E-state index is 12.5. The first-order valence-corrected chi connectivity index (χ1v) is 10.5. The maximum absolute atomic E-state index is 12.5. The highest BCUT2D eigenvalue weighted by Crippen LogP contribution is 2.24. The lowest BCUT2D eigenvalue weighted by atomic mass is 10.0. The number of aryl methyl sites for hydroxylation is 1. The van der Waals surface area contributed by atoms with Crippen LogP contribution in [0, 0.1) is 6.92 Å². The van der Waals surface area contributed by atoms with Crippen molar-refractivity contribution in [3.63, 3.8) is 0 Å². The highest BCUT2D eigenvalue weighted by atomic mass is 16.5. The number of carbonyl (C=O) groups is 1. The summed E-state index contributed by atoms with van der Waals surface area (Å²) >= 11 is 0. The van der Waals surface area contributed by atoms with Gasteiger partial charge in [-0.05, 0) is 43.5 Å². The molecule has 162 valence electrons. The predicted molar refractivity (Wildman–Crippen MR) is 115 cm³/mol. The van der Waals surface area contributed by atoms with Gasteiger partial charge in [0.2, 0.25) is 5.91 Å². The number of hydrogen-bond acceptors (Lipinski definition) is 5.